The van der Waals surface area contributed by atoms with Gasteiger partial charge in [0.15, 0.2) is 0 Å². The third-order valence-corrected chi connectivity index (χ3v) is 8.40. The van der Waals surface area contributed by atoms with Crippen molar-refractivity contribution in [2.75, 3.05) is 0 Å². The molecule has 0 heterocycles. The Kier molecular flexibility index (Phi) is 10.5. The molecule has 4 rings (SSSR count). The summed E-state index contributed by atoms with van der Waals surface area (Å²) in [5, 5.41) is 0.672. The van der Waals surface area contributed by atoms with Gasteiger partial charge in [-0.15, -0.1) is 0 Å². The van der Waals surface area contributed by atoms with E-state index in [1.807, 2.05) is 30.3 Å². The maximum absolute atomic E-state index is 14.8. The summed E-state index contributed by atoms with van der Waals surface area (Å²) >= 11 is 5.97. The van der Waals surface area contributed by atoms with E-state index in [0.29, 0.717) is 16.5 Å². The molecule has 0 N–H and O–H groups in total. The third-order valence-electron chi connectivity index (χ3n) is 8.15. The van der Waals surface area contributed by atoms with E-state index < -0.39 is 0 Å². The van der Waals surface area contributed by atoms with Crippen molar-refractivity contribution in [1.82, 2.24) is 0 Å². The Morgan fingerprint density at radius 1 is 0.722 bits per heavy atom. The molecule has 0 saturated heterocycles. The van der Waals surface area contributed by atoms with E-state index >= 15 is 0 Å². The van der Waals surface area contributed by atoms with Crippen molar-refractivity contribution in [1.29, 1.82) is 0 Å². The summed E-state index contributed by atoms with van der Waals surface area (Å²) in [5.74, 6) is 1.33. The summed E-state index contributed by atoms with van der Waals surface area (Å²) in [4.78, 5) is 0. The van der Waals surface area contributed by atoms with Crippen molar-refractivity contribution in [3.8, 4) is 11.1 Å². The minimum Gasteiger partial charge on any atom is -0.206 e. The molecule has 0 aromatic heterocycles. The van der Waals surface area contributed by atoms with Gasteiger partial charge < -0.3 is 0 Å². The second-order valence-electron chi connectivity index (χ2n) is 10.8. The number of halogens is 2. The molecule has 0 atom stereocenters. The second-order valence-corrected chi connectivity index (χ2v) is 11.3. The average molecular weight is 505 g/mol. The van der Waals surface area contributed by atoms with Crippen molar-refractivity contribution >= 4 is 11.6 Å². The monoisotopic (exact) mass is 504 g/mol. The second kappa shape index (κ2) is 14.0. The highest BCUT2D eigenvalue weighted by atomic mass is 35.5. The number of hydrogen-bond donors (Lipinski definition) is 0. The molecule has 3 aromatic carbocycles. The van der Waals surface area contributed by atoms with Gasteiger partial charge in [0.1, 0.15) is 5.82 Å². The molecule has 0 unspecified atom stereocenters. The summed E-state index contributed by atoms with van der Waals surface area (Å²) in [6.07, 6.45) is 16.7. The molecule has 0 nitrogen and oxygen atoms in total. The smallest absolute Gasteiger partial charge is 0.131 e. The quantitative estimate of drug-likeness (QED) is 0.215. The van der Waals surface area contributed by atoms with Gasteiger partial charge in [-0.3, -0.25) is 0 Å². The van der Waals surface area contributed by atoms with Crippen molar-refractivity contribution in [3.63, 3.8) is 0 Å². The molecular formula is C34H42ClF. The van der Waals surface area contributed by atoms with Crippen molar-refractivity contribution in [2.45, 2.75) is 96.3 Å². The molecule has 0 amide bonds. The van der Waals surface area contributed by atoms with Crippen molar-refractivity contribution < 1.29 is 4.39 Å². The zero-order chi connectivity index (χ0) is 25.2. The molecule has 0 bridgehead atoms. The maximum atomic E-state index is 14.8. The van der Waals surface area contributed by atoms with Crippen LogP contribution in [0.25, 0.3) is 11.1 Å². The van der Waals surface area contributed by atoms with Crippen molar-refractivity contribution in [2.24, 2.45) is 5.92 Å². The van der Waals surface area contributed by atoms with E-state index in [-0.39, 0.29) is 5.82 Å². The Morgan fingerprint density at radius 3 is 2.08 bits per heavy atom. The van der Waals surface area contributed by atoms with Crippen LogP contribution in [0.3, 0.4) is 0 Å². The standard InChI is InChI=1S/C34H42ClF/c1-2-3-4-5-6-7-8-26-11-16-29(17-12-26)30-18-13-27(14-19-30)9-10-28-15-24-33(34(36)25-28)31-20-22-32(35)23-21-31/h11-12,15-17,20-25,27,30H,2-10,13-14,18-19H2,1H3. The van der Waals surface area contributed by atoms with E-state index in [1.54, 1.807) is 6.07 Å². The van der Waals surface area contributed by atoms with Gasteiger partial charge in [0, 0.05) is 10.6 Å². The molecule has 0 aliphatic heterocycles. The lowest BCUT2D eigenvalue weighted by Crippen LogP contribution is -2.14. The predicted octanol–water partition coefficient (Wildman–Crippen LogP) is 11.0. The van der Waals surface area contributed by atoms with Crippen LogP contribution < -0.4 is 0 Å². The first-order valence-corrected chi connectivity index (χ1v) is 14.6. The van der Waals surface area contributed by atoms with Gasteiger partial charge in [0.25, 0.3) is 0 Å². The summed E-state index contributed by atoms with van der Waals surface area (Å²) in [5.41, 5.74) is 5.65. The summed E-state index contributed by atoms with van der Waals surface area (Å²) in [7, 11) is 0. The number of hydrogen-bond acceptors (Lipinski definition) is 0. The van der Waals surface area contributed by atoms with Gasteiger partial charge in [-0.25, -0.2) is 4.39 Å². The van der Waals surface area contributed by atoms with E-state index in [1.165, 1.54) is 81.8 Å². The van der Waals surface area contributed by atoms with Crippen LogP contribution in [-0.4, -0.2) is 0 Å². The predicted molar refractivity (Wildman–Crippen MR) is 153 cm³/mol. The summed E-state index contributed by atoms with van der Waals surface area (Å²) < 4.78 is 14.8. The fourth-order valence-corrected chi connectivity index (χ4v) is 5.92. The number of aryl methyl sites for hydroxylation is 2. The topological polar surface area (TPSA) is 0 Å². The van der Waals surface area contributed by atoms with Crippen molar-refractivity contribution in [3.05, 3.63) is 94.3 Å². The minimum absolute atomic E-state index is 0.140. The molecule has 192 valence electrons. The fraction of sp³-hybridized carbons (Fsp3) is 0.471. The Hall–Kier alpha value is -2.12. The van der Waals surface area contributed by atoms with Crippen LogP contribution in [0.1, 0.15) is 100 Å². The van der Waals surface area contributed by atoms with E-state index in [4.69, 9.17) is 11.6 Å². The van der Waals surface area contributed by atoms with Gasteiger partial charge in [-0.05, 0) is 104 Å². The zero-order valence-electron chi connectivity index (χ0n) is 22.0. The van der Waals surface area contributed by atoms with Crippen LogP contribution in [0.4, 0.5) is 4.39 Å². The Morgan fingerprint density at radius 2 is 1.39 bits per heavy atom. The lowest BCUT2D eigenvalue weighted by Gasteiger charge is -2.29. The first-order chi connectivity index (χ1) is 17.6. The van der Waals surface area contributed by atoms with Gasteiger partial charge in [0.05, 0.1) is 0 Å². The largest absolute Gasteiger partial charge is 0.206 e. The van der Waals surface area contributed by atoms with Crippen LogP contribution in [0, 0.1) is 11.7 Å². The Balaban J connectivity index is 1.19. The molecule has 3 aromatic rings. The number of rotatable bonds is 12. The molecule has 1 fully saturated rings. The highest BCUT2D eigenvalue weighted by Gasteiger charge is 2.22. The maximum Gasteiger partial charge on any atom is 0.131 e. The van der Waals surface area contributed by atoms with Crippen LogP contribution in [-0.2, 0) is 12.8 Å². The SMILES string of the molecule is CCCCCCCCc1ccc(C2CCC(CCc3ccc(-c4ccc(Cl)cc4)c(F)c3)CC2)cc1. The molecule has 0 spiro atoms. The normalized spacial score (nSPS) is 17.9. The Labute approximate surface area is 223 Å². The van der Waals surface area contributed by atoms with Crippen LogP contribution in [0.15, 0.2) is 66.7 Å². The lowest BCUT2D eigenvalue weighted by atomic mass is 9.76. The Bertz CT molecular complexity index is 1050. The lowest BCUT2D eigenvalue weighted by molar-refractivity contribution is 0.310. The van der Waals surface area contributed by atoms with E-state index in [0.717, 1.165) is 29.9 Å². The summed E-state index contributed by atoms with van der Waals surface area (Å²) in [6, 6.07) is 22.6. The van der Waals surface area contributed by atoms with Crippen LogP contribution in [0.5, 0.6) is 0 Å². The first kappa shape index (κ1) is 26.9. The van der Waals surface area contributed by atoms with Gasteiger partial charge >= 0.3 is 0 Å². The van der Waals surface area contributed by atoms with Gasteiger partial charge in [-0.1, -0.05) is 99.2 Å². The van der Waals surface area contributed by atoms with Crippen LogP contribution >= 0.6 is 11.6 Å². The third kappa shape index (κ3) is 7.94. The average Bonchev–Trinajstić information content (AvgIpc) is 2.91. The first-order valence-electron chi connectivity index (χ1n) is 14.3. The molecule has 1 saturated carbocycles. The highest BCUT2D eigenvalue weighted by molar-refractivity contribution is 6.30. The molecule has 1 aliphatic rings. The van der Waals surface area contributed by atoms with E-state index in [9.17, 15) is 4.39 Å². The molecular weight excluding hydrogens is 463 g/mol. The number of benzene rings is 3. The molecule has 0 radical (unpaired) electrons. The highest BCUT2D eigenvalue weighted by Crippen LogP contribution is 2.38. The van der Waals surface area contributed by atoms with E-state index in [2.05, 4.69) is 37.3 Å². The fourth-order valence-electron chi connectivity index (χ4n) is 5.80. The van der Waals surface area contributed by atoms with Crippen LogP contribution in [0.2, 0.25) is 5.02 Å². The number of unbranched alkanes of at least 4 members (excludes halogenated alkanes) is 5. The molecule has 36 heavy (non-hydrogen) atoms. The molecule has 2 heteroatoms. The minimum atomic E-state index is -0.140. The van der Waals surface area contributed by atoms with Gasteiger partial charge in [-0.2, -0.15) is 0 Å². The molecule has 1 aliphatic carbocycles. The summed E-state index contributed by atoms with van der Waals surface area (Å²) in [6.45, 7) is 2.28. The zero-order valence-corrected chi connectivity index (χ0v) is 22.7. The van der Waals surface area contributed by atoms with Gasteiger partial charge in [0.2, 0.25) is 0 Å².